The number of amides is 1. The van der Waals surface area contributed by atoms with Crippen molar-refractivity contribution in [1.82, 2.24) is 4.57 Å². The van der Waals surface area contributed by atoms with Gasteiger partial charge in [0.05, 0.1) is 35.2 Å². The van der Waals surface area contributed by atoms with Gasteiger partial charge in [0.25, 0.3) is 11.5 Å². The first-order valence-corrected chi connectivity index (χ1v) is 13.1. The number of hydrogen-bond acceptors (Lipinski definition) is 6. The minimum absolute atomic E-state index is 0.179. The molecule has 0 saturated heterocycles. The zero-order valence-corrected chi connectivity index (χ0v) is 21.6. The summed E-state index contributed by atoms with van der Waals surface area (Å²) >= 11 is 1.17. The summed E-state index contributed by atoms with van der Waals surface area (Å²) < 4.78 is 7.31. The molecule has 6 rings (SSSR count). The second-order valence-electron chi connectivity index (χ2n) is 8.92. The molecule has 1 amide bonds. The molecule has 2 aliphatic rings. The molecule has 7 nitrogen and oxygen atoms in total. The number of ether oxygens (including phenoxy) is 1. The van der Waals surface area contributed by atoms with Crippen LogP contribution in [0.1, 0.15) is 29.7 Å². The summed E-state index contributed by atoms with van der Waals surface area (Å²) in [7, 11) is 1.70. The lowest BCUT2D eigenvalue weighted by atomic mass is 9.93. The van der Waals surface area contributed by atoms with Gasteiger partial charge in [-0.05, 0) is 18.6 Å². The van der Waals surface area contributed by atoms with Crippen LogP contribution in [0.15, 0.2) is 100 Å². The summed E-state index contributed by atoms with van der Waals surface area (Å²) in [5, 5.41) is 0. The van der Waals surface area contributed by atoms with Crippen LogP contribution in [-0.2, 0) is 14.3 Å². The minimum Gasteiger partial charge on any atom is -0.463 e. The average Bonchev–Trinajstić information content (AvgIpc) is 3.41. The third-order valence-electron chi connectivity index (χ3n) is 6.74. The van der Waals surface area contributed by atoms with E-state index in [9.17, 15) is 14.4 Å². The van der Waals surface area contributed by atoms with Gasteiger partial charge in [0.1, 0.15) is 4.53 Å². The number of hydrogen-bond donors (Lipinski definition) is 0. The number of nitrogens with zero attached hydrogens (tertiary/aromatic N) is 3. The fourth-order valence-corrected chi connectivity index (χ4v) is 6.12. The fraction of sp³-hybridized carbons (Fsp3) is 0.133. The van der Waals surface area contributed by atoms with E-state index in [-0.39, 0.29) is 23.6 Å². The average molecular weight is 522 g/mol. The van der Waals surface area contributed by atoms with Gasteiger partial charge in [-0.1, -0.05) is 90.2 Å². The molecule has 0 radical (unpaired) electrons. The van der Waals surface area contributed by atoms with Crippen molar-refractivity contribution >= 4 is 40.2 Å². The van der Waals surface area contributed by atoms with Crippen LogP contribution in [0, 0.1) is 0 Å². The Kier molecular flexibility index (Phi) is 5.88. The van der Waals surface area contributed by atoms with Crippen molar-refractivity contribution in [3.05, 3.63) is 127 Å². The molecule has 1 atom stereocenters. The van der Waals surface area contributed by atoms with Gasteiger partial charge in [-0.15, -0.1) is 0 Å². The standard InChI is InChI=1S/C30H23N3O4S/c1-3-37-29(36)23-24(18-12-6-4-7-13-18)31-30-33(25(23)19-14-8-5-9-15-19)28(35)26(38-30)22-20-16-10-11-17-21(20)32(2)27(22)34/h4-17,25H,3H2,1-2H3/b26-22-/t25-/m0/s1. The van der Waals surface area contributed by atoms with Crippen LogP contribution in [-0.4, -0.2) is 30.1 Å². The molecule has 188 valence electrons. The van der Waals surface area contributed by atoms with Gasteiger partial charge in [-0.25, -0.2) is 9.79 Å². The number of carbonyl (C=O) groups is 2. The second-order valence-corrected chi connectivity index (χ2v) is 9.90. The number of rotatable bonds is 4. The van der Waals surface area contributed by atoms with Crippen molar-refractivity contribution in [1.29, 1.82) is 0 Å². The fourth-order valence-electron chi connectivity index (χ4n) is 5.03. The minimum atomic E-state index is -0.777. The predicted octanol–water partition coefficient (Wildman–Crippen LogP) is 3.28. The highest BCUT2D eigenvalue weighted by atomic mass is 32.1. The lowest BCUT2D eigenvalue weighted by molar-refractivity contribution is -0.138. The van der Waals surface area contributed by atoms with Crippen LogP contribution in [0.3, 0.4) is 0 Å². The highest BCUT2D eigenvalue weighted by molar-refractivity contribution is 7.07. The van der Waals surface area contributed by atoms with Crippen LogP contribution in [0.4, 0.5) is 5.69 Å². The number of benzene rings is 3. The van der Waals surface area contributed by atoms with Gasteiger partial charge in [0.2, 0.25) is 0 Å². The number of anilines is 1. The first kappa shape index (κ1) is 23.8. The lowest BCUT2D eigenvalue weighted by Gasteiger charge is -2.25. The predicted molar refractivity (Wildman–Crippen MR) is 146 cm³/mol. The molecular weight excluding hydrogens is 498 g/mol. The molecule has 4 aromatic rings. The lowest BCUT2D eigenvalue weighted by Crippen LogP contribution is -2.40. The quantitative estimate of drug-likeness (QED) is 0.386. The summed E-state index contributed by atoms with van der Waals surface area (Å²) in [6.45, 7) is 1.92. The number of carbonyl (C=O) groups excluding carboxylic acids is 2. The molecule has 2 aliphatic heterocycles. The molecule has 0 fully saturated rings. The van der Waals surface area contributed by atoms with Crippen molar-refractivity contribution in [2.75, 3.05) is 18.6 Å². The monoisotopic (exact) mass is 521 g/mol. The largest absolute Gasteiger partial charge is 0.463 e. The normalized spacial score (nSPS) is 17.7. The number of para-hydroxylation sites is 1. The smallest absolute Gasteiger partial charge is 0.338 e. The van der Waals surface area contributed by atoms with E-state index >= 15 is 0 Å². The molecule has 0 saturated carbocycles. The molecule has 3 heterocycles. The van der Waals surface area contributed by atoms with E-state index in [1.807, 2.05) is 84.9 Å². The Bertz CT molecular complexity index is 1800. The summed E-state index contributed by atoms with van der Waals surface area (Å²) in [6.07, 6.45) is 0. The van der Waals surface area contributed by atoms with Crippen molar-refractivity contribution in [2.24, 2.45) is 4.99 Å². The van der Waals surface area contributed by atoms with E-state index in [0.29, 0.717) is 26.2 Å². The van der Waals surface area contributed by atoms with E-state index in [1.54, 1.807) is 18.9 Å². The number of aromatic nitrogens is 1. The van der Waals surface area contributed by atoms with E-state index in [0.717, 1.165) is 16.8 Å². The Morgan fingerprint density at radius 3 is 2.32 bits per heavy atom. The van der Waals surface area contributed by atoms with Crippen molar-refractivity contribution in [3.8, 4) is 0 Å². The summed E-state index contributed by atoms with van der Waals surface area (Å²) in [6, 6.07) is 25.4. The summed E-state index contributed by atoms with van der Waals surface area (Å²) in [5.74, 6) is -0.787. The number of fused-ring (bicyclic) bond motifs is 2. The molecule has 1 aromatic heterocycles. The maximum Gasteiger partial charge on any atom is 0.338 e. The first-order chi connectivity index (χ1) is 18.5. The first-order valence-electron chi connectivity index (χ1n) is 12.2. The molecule has 0 N–H and O–H groups in total. The SMILES string of the molecule is CCOC(=O)C1=C(c2ccccc2)N=c2s/c(=C3\C(=O)N(C)c4ccccc43)c(=O)n2[C@H]1c1ccccc1. The van der Waals surface area contributed by atoms with Crippen LogP contribution in [0.25, 0.3) is 11.3 Å². The molecule has 3 aromatic carbocycles. The Balaban J connectivity index is 1.72. The maximum atomic E-state index is 14.2. The van der Waals surface area contributed by atoms with Gasteiger partial charge in [-0.2, -0.15) is 0 Å². The van der Waals surface area contributed by atoms with Gasteiger partial charge in [0.15, 0.2) is 4.80 Å². The zero-order chi connectivity index (χ0) is 26.4. The molecule has 38 heavy (non-hydrogen) atoms. The molecule has 0 bridgehead atoms. The Labute approximate surface area is 222 Å². The van der Waals surface area contributed by atoms with Crippen molar-refractivity contribution < 1.29 is 14.3 Å². The highest BCUT2D eigenvalue weighted by Gasteiger charge is 2.37. The number of thiazole rings is 1. The third kappa shape index (κ3) is 3.64. The van der Waals surface area contributed by atoms with Crippen LogP contribution < -0.4 is 19.8 Å². The van der Waals surface area contributed by atoms with Gasteiger partial charge in [-0.3, -0.25) is 14.2 Å². The van der Waals surface area contributed by atoms with Crippen molar-refractivity contribution in [3.63, 3.8) is 0 Å². The van der Waals surface area contributed by atoms with E-state index in [4.69, 9.17) is 9.73 Å². The maximum absolute atomic E-state index is 14.2. The molecule has 0 unspecified atom stereocenters. The molecule has 8 heteroatoms. The van der Waals surface area contributed by atoms with E-state index < -0.39 is 12.0 Å². The summed E-state index contributed by atoms with van der Waals surface area (Å²) in [4.78, 5) is 47.8. The number of likely N-dealkylation sites (N-methyl/N-ethyl adjacent to an activating group) is 1. The zero-order valence-electron chi connectivity index (χ0n) is 20.8. The Morgan fingerprint density at radius 1 is 0.947 bits per heavy atom. The van der Waals surface area contributed by atoms with E-state index in [1.165, 1.54) is 15.9 Å². The van der Waals surface area contributed by atoms with Gasteiger partial charge >= 0.3 is 5.97 Å². The van der Waals surface area contributed by atoms with Crippen LogP contribution in [0.5, 0.6) is 0 Å². The van der Waals surface area contributed by atoms with Crippen LogP contribution >= 0.6 is 11.3 Å². The Morgan fingerprint density at radius 2 is 1.61 bits per heavy atom. The van der Waals surface area contributed by atoms with Gasteiger partial charge < -0.3 is 9.64 Å². The highest BCUT2D eigenvalue weighted by Crippen LogP contribution is 2.36. The van der Waals surface area contributed by atoms with Gasteiger partial charge in [0, 0.05) is 18.2 Å². The van der Waals surface area contributed by atoms with Crippen molar-refractivity contribution in [2.45, 2.75) is 13.0 Å². The summed E-state index contributed by atoms with van der Waals surface area (Å²) in [5.41, 5.74) is 3.64. The number of esters is 1. The Hall–Kier alpha value is -4.56. The van der Waals surface area contributed by atoms with Crippen LogP contribution in [0.2, 0.25) is 0 Å². The molecular formula is C30H23N3O4S. The molecule has 0 spiro atoms. The topological polar surface area (TPSA) is 81.0 Å². The van der Waals surface area contributed by atoms with E-state index in [2.05, 4.69) is 0 Å². The molecule has 0 aliphatic carbocycles. The second kappa shape index (κ2) is 9.39. The third-order valence-corrected chi connectivity index (χ3v) is 7.80.